The summed E-state index contributed by atoms with van der Waals surface area (Å²) in [6.45, 7) is 0.651. The molecule has 2 unspecified atom stereocenters. The van der Waals surface area contributed by atoms with Gasteiger partial charge in [-0.1, -0.05) is 0 Å². The maximum absolute atomic E-state index is 11.1. The molecule has 2 atom stereocenters. The zero-order valence-electron chi connectivity index (χ0n) is 8.36. The van der Waals surface area contributed by atoms with Gasteiger partial charge in [-0.05, 0) is 13.8 Å². The molecule has 0 aromatic rings. The molecule has 1 heterocycles. The van der Waals surface area contributed by atoms with Crippen LogP contribution in [0.25, 0.3) is 0 Å². The van der Waals surface area contributed by atoms with Crippen LogP contribution in [0.2, 0.25) is 0 Å². The van der Waals surface area contributed by atoms with E-state index in [9.17, 15) is 4.57 Å². The van der Waals surface area contributed by atoms with Gasteiger partial charge < -0.3 is 14.0 Å². The Morgan fingerprint density at radius 2 is 2.29 bits per heavy atom. The zero-order chi connectivity index (χ0) is 10.8. The van der Waals surface area contributed by atoms with Gasteiger partial charge in [-0.2, -0.15) is 0 Å². The molecule has 84 valence electrons. The molecule has 0 bridgehead atoms. The van der Waals surface area contributed by atoms with Crippen molar-refractivity contribution >= 4 is 18.2 Å². The van der Waals surface area contributed by atoms with Crippen LogP contribution in [-0.2, 0) is 23.1 Å². The van der Waals surface area contributed by atoms with Gasteiger partial charge in [0.1, 0.15) is 6.10 Å². The van der Waals surface area contributed by atoms with Crippen LogP contribution >= 0.6 is 18.2 Å². The predicted molar refractivity (Wildman–Crippen MR) is 51.3 cm³/mol. The summed E-state index contributed by atoms with van der Waals surface area (Å²) < 4.78 is 31.1. The molecule has 5 nitrogen and oxygen atoms in total. The molecule has 1 aliphatic rings. The van der Waals surface area contributed by atoms with Gasteiger partial charge in [-0.25, -0.2) is 4.57 Å². The summed E-state index contributed by atoms with van der Waals surface area (Å²) in [7, 11) is 1.23. The molecule has 0 aromatic carbocycles. The van der Waals surface area contributed by atoms with Crippen LogP contribution in [0, 0.1) is 0 Å². The summed E-state index contributed by atoms with van der Waals surface area (Å²) in [4.78, 5) is 0. The Morgan fingerprint density at radius 1 is 1.64 bits per heavy atom. The van der Waals surface area contributed by atoms with Crippen molar-refractivity contribution in [2.75, 3.05) is 20.3 Å². The summed E-state index contributed by atoms with van der Waals surface area (Å²) in [6, 6.07) is 0. The highest BCUT2D eigenvalue weighted by molar-refractivity contribution is 7.81. The van der Waals surface area contributed by atoms with E-state index in [4.69, 9.17) is 25.2 Å². The van der Waals surface area contributed by atoms with Gasteiger partial charge in [0.25, 0.3) is 0 Å². The minimum Gasteiger partial charge on any atom is -0.348 e. The third-order valence-corrected chi connectivity index (χ3v) is 3.30. The Kier molecular flexibility index (Phi) is 3.97. The maximum Gasteiger partial charge on any atom is 0.424 e. The van der Waals surface area contributed by atoms with Crippen molar-refractivity contribution in [2.45, 2.75) is 25.7 Å². The summed E-state index contributed by atoms with van der Waals surface area (Å²) in [5.41, 5.74) is 0. The Labute approximate surface area is 87.9 Å². The van der Waals surface area contributed by atoms with Crippen LogP contribution in [0.3, 0.4) is 0 Å². The molecular weight excluding hydrogens is 230 g/mol. The summed E-state index contributed by atoms with van der Waals surface area (Å²) in [5.74, 6) is -0.614. The predicted octanol–water partition coefficient (Wildman–Crippen LogP) is 2.15. The third kappa shape index (κ3) is 3.85. The average Bonchev–Trinajstić information content (AvgIpc) is 2.43. The lowest BCUT2D eigenvalue weighted by Crippen LogP contribution is -2.23. The topological polar surface area (TPSA) is 54.0 Å². The van der Waals surface area contributed by atoms with Gasteiger partial charge in [-0.15, -0.1) is 0 Å². The van der Waals surface area contributed by atoms with E-state index in [-0.39, 0.29) is 12.7 Å². The van der Waals surface area contributed by atoms with Crippen molar-refractivity contribution in [1.29, 1.82) is 0 Å². The Balaban J connectivity index is 2.31. The number of hydrogen-bond acceptors (Lipinski definition) is 5. The van der Waals surface area contributed by atoms with E-state index in [1.54, 1.807) is 13.8 Å². The standard InChI is InChI=1S/C7H14ClO5P/c1-7(2)11-4-6(13-7)5-12-14(8,9)10-3/h6H,4-5H2,1-3H3. The fourth-order valence-electron chi connectivity index (χ4n) is 1.07. The van der Waals surface area contributed by atoms with Crippen molar-refractivity contribution in [1.82, 2.24) is 0 Å². The first-order valence-corrected chi connectivity index (χ1v) is 6.61. The first-order valence-electron chi connectivity index (χ1n) is 4.16. The quantitative estimate of drug-likeness (QED) is 0.709. The van der Waals surface area contributed by atoms with Gasteiger partial charge in [0.05, 0.1) is 13.2 Å². The second-order valence-corrected chi connectivity index (χ2v) is 6.09. The van der Waals surface area contributed by atoms with Crippen LogP contribution in [-0.4, -0.2) is 32.2 Å². The number of rotatable bonds is 4. The highest BCUT2D eigenvalue weighted by atomic mass is 35.7. The van der Waals surface area contributed by atoms with Crippen molar-refractivity contribution in [2.24, 2.45) is 0 Å². The van der Waals surface area contributed by atoms with Crippen molar-refractivity contribution < 1.29 is 23.1 Å². The number of halogens is 1. The Hall–Kier alpha value is 0.360. The van der Waals surface area contributed by atoms with Crippen LogP contribution in [0.5, 0.6) is 0 Å². The minimum atomic E-state index is -3.43. The van der Waals surface area contributed by atoms with Crippen LogP contribution in [0.1, 0.15) is 13.8 Å². The lowest BCUT2D eigenvalue weighted by Gasteiger charge is -2.17. The fraction of sp³-hybridized carbons (Fsp3) is 1.00. The molecule has 1 aliphatic heterocycles. The summed E-state index contributed by atoms with van der Waals surface area (Å²) >= 11 is 5.38. The highest BCUT2D eigenvalue weighted by Gasteiger charge is 2.34. The van der Waals surface area contributed by atoms with Crippen molar-refractivity contribution in [3.8, 4) is 0 Å². The van der Waals surface area contributed by atoms with E-state index in [2.05, 4.69) is 4.52 Å². The minimum absolute atomic E-state index is 0.0953. The summed E-state index contributed by atoms with van der Waals surface area (Å²) in [6.07, 6.45) is -0.257. The fourth-order valence-corrected chi connectivity index (χ4v) is 1.69. The highest BCUT2D eigenvalue weighted by Crippen LogP contribution is 2.52. The first-order chi connectivity index (χ1) is 6.35. The molecule has 0 spiro atoms. The first kappa shape index (κ1) is 12.4. The molecule has 0 amide bonds. The van der Waals surface area contributed by atoms with Gasteiger partial charge in [0.2, 0.25) is 0 Å². The monoisotopic (exact) mass is 244 g/mol. The van der Waals surface area contributed by atoms with E-state index < -0.39 is 12.7 Å². The second-order valence-electron chi connectivity index (χ2n) is 3.36. The molecule has 0 N–H and O–H groups in total. The van der Waals surface area contributed by atoms with Crippen LogP contribution < -0.4 is 0 Å². The van der Waals surface area contributed by atoms with E-state index in [0.717, 1.165) is 0 Å². The van der Waals surface area contributed by atoms with Gasteiger partial charge in [-0.3, -0.25) is 4.52 Å². The van der Waals surface area contributed by atoms with Crippen LogP contribution in [0.4, 0.5) is 0 Å². The second kappa shape index (κ2) is 4.47. The lowest BCUT2D eigenvalue weighted by atomic mass is 10.4. The molecule has 1 fully saturated rings. The lowest BCUT2D eigenvalue weighted by molar-refractivity contribution is -0.141. The molecule has 1 rings (SSSR count). The van der Waals surface area contributed by atoms with E-state index in [1.165, 1.54) is 7.11 Å². The molecule has 0 radical (unpaired) electrons. The molecular formula is C7H14ClO5P. The molecule has 0 aliphatic carbocycles. The van der Waals surface area contributed by atoms with Gasteiger partial charge in [0.15, 0.2) is 5.79 Å². The molecule has 14 heavy (non-hydrogen) atoms. The Bertz CT molecular complexity index is 244. The van der Waals surface area contributed by atoms with Crippen molar-refractivity contribution in [3.05, 3.63) is 0 Å². The normalized spacial score (nSPS) is 30.1. The molecule has 0 saturated carbocycles. The van der Waals surface area contributed by atoms with Crippen LogP contribution in [0.15, 0.2) is 0 Å². The molecule has 0 aromatic heterocycles. The van der Waals surface area contributed by atoms with Gasteiger partial charge >= 0.3 is 6.95 Å². The van der Waals surface area contributed by atoms with E-state index in [1.807, 2.05) is 0 Å². The average molecular weight is 245 g/mol. The Morgan fingerprint density at radius 3 is 2.71 bits per heavy atom. The third-order valence-electron chi connectivity index (χ3n) is 1.70. The maximum atomic E-state index is 11.1. The van der Waals surface area contributed by atoms with E-state index >= 15 is 0 Å². The van der Waals surface area contributed by atoms with Gasteiger partial charge in [0, 0.05) is 18.4 Å². The smallest absolute Gasteiger partial charge is 0.348 e. The molecule has 1 saturated heterocycles. The summed E-state index contributed by atoms with van der Waals surface area (Å²) in [5, 5.41) is 0. The number of hydrogen-bond donors (Lipinski definition) is 0. The van der Waals surface area contributed by atoms with E-state index in [0.29, 0.717) is 6.61 Å². The SMILES string of the molecule is COP(=O)(Cl)OCC1COC(C)(C)O1. The largest absolute Gasteiger partial charge is 0.424 e. The molecule has 7 heteroatoms. The zero-order valence-corrected chi connectivity index (χ0v) is 10.0. The number of ether oxygens (including phenoxy) is 2. The van der Waals surface area contributed by atoms with Crippen molar-refractivity contribution in [3.63, 3.8) is 0 Å².